The summed E-state index contributed by atoms with van der Waals surface area (Å²) in [6.07, 6.45) is 2.01. The van der Waals surface area contributed by atoms with E-state index >= 15 is 0 Å². The molecule has 0 aliphatic carbocycles. The van der Waals surface area contributed by atoms with Gasteiger partial charge < -0.3 is 9.64 Å². The van der Waals surface area contributed by atoms with Crippen LogP contribution >= 0.6 is 11.8 Å². The first-order valence-electron chi connectivity index (χ1n) is 4.61. The second kappa shape index (κ2) is 5.66. The quantitative estimate of drug-likeness (QED) is 0.570. The van der Waals surface area contributed by atoms with Crippen molar-refractivity contribution in [3.05, 3.63) is 24.3 Å². The van der Waals surface area contributed by atoms with Gasteiger partial charge in [0.05, 0.1) is 7.11 Å². The molecule has 0 amide bonds. The molecule has 0 aliphatic heterocycles. The van der Waals surface area contributed by atoms with Gasteiger partial charge in [-0.1, -0.05) is 17.8 Å². The van der Waals surface area contributed by atoms with E-state index in [0.29, 0.717) is 0 Å². The van der Waals surface area contributed by atoms with Gasteiger partial charge in [-0.15, -0.1) is 0 Å². The lowest BCUT2D eigenvalue weighted by Gasteiger charge is -2.19. The van der Waals surface area contributed by atoms with E-state index in [2.05, 4.69) is 4.99 Å². The highest BCUT2D eigenvalue weighted by molar-refractivity contribution is 8.13. The van der Waals surface area contributed by atoms with Crippen LogP contribution in [0, 0.1) is 0 Å². The number of methoxy groups -OCH3 is 1. The van der Waals surface area contributed by atoms with Gasteiger partial charge in [0.25, 0.3) is 0 Å². The van der Waals surface area contributed by atoms with E-state index in [9.17, 15) is 0 Å². The molecule has 0 heterocycles. The molecule has 3 nitrogen and oxygen atoms in total. The van der Waals surface area contributed by atoms with Crippen molar-refractivity contribution in [3.63, 3.8) is 0 Å². The van der Waals surface area contributed by atoms with E-state index in [0.717, 1.165) is 16.6 Å². The van der Waals surface area contributed by atoms with Crippen LogP contribution in [0.25, 0.3) is 0 Å². The molecule has 0 atom stereocenters. The number of amidine groups is 1. The summed E-state index contributed by atoms with van der Waals surface area (Å²) < 4.78 is 5.18. The van der Waals surface area contributed by atoms with Crippen LogP contribution in [0.4, 0.5) is 5.69 Å². The molecule has 1 rings (SSSR count). The lowest BCUT2D eigenvalue weighted by Crippen LogP contribution is -2.23. The number of anilines is 1. The SMILES string of the molecule is CN=C(SC)N(C)c1cccc(OC)c1. The summed E-state index contributed by atoms with van der Waals surface area (Å²) in [5.41, 5.74) is 1.07. The van der Waals surface area contributed by atoms with E-state index in [4.69, 9.17) is 4.74 Å². The maximum absolute atomic E-state index is 5.18. The molecular formula is C11H16N2OS. The fourth-order valence-electron chi connectivity index (χ4n) is 1.31. The Morgan fingerprint density at radius 1 is 1.47 bits per heavy atom. The molecule has 0 unspecified atom stereocenters. The number of thioether (sulfide) groups is 1. The van der Waals surface area contributed by atoms with Crippen LogP contribution in [-0.2, 0) is 0 Å². The normalized spacial score (nSPS) is 11.3. The molecule has 1 aromatic rings. The van der Waals surface area contributed by atoms with Crippen molar-refractivity contribution in [3.8, 4) is 5.75 Å². The lowest BCUT2D eigenvalue weighted by molar-refractivity contribution is 0.415. The summed E-state index contributed by atoms with van der Waals surface area (Å²) in [5.74, 6) is 0.857. The minimum atomic E-state index is 0.857. The Hall–Kier alpha value is -1.16. The molecule has 4 heteroatoms. The van der Waals surface area contributed by atoms with Gasteiger partial charge in [-0.05, 0) is 18.4 Å². The summed E-state index contributed by atoms with van der Waals surface area (Å²) in [6.45, 7) is 0. The number of rotatable bonds is 2. The van der Waals surface area contributed by atoms with Crippen LogP contribution < -0.4 is 9.64 Å². The Morgan fingerprint density at radius 3 is 2.73 bits per heavy atom. The van der Waals surface area contributed by atoms with E-state index < -0.39 is 0 Å². The zero-order valence-electron chi connectivity index (χ0n) is 9.52. The highest BCUT2D eigenvalue weighted by atomic mass is 32.2. The molecule has 0 N–H and O–H groups in total. The zero-order valence-corrected chi connectivity index (χ0v) is 10.3. The predicted molar refractivity (Wildman–Crippen MR) is 68.3 cm³/mol. The third kappa shape index (κ3) is 2.89. The molecule has 0 fully saturated rings. The molecule has 0 spiro atoms. The topological polar surface area (TPSA) is 24.8 Å². The smallest absolute Gasteiger partial charge is 0.162 e. The van der Waals surface area contributed by atoms with Gasteiger partial charge in [0, 0.05) is 25.8 Å². The van der Waals surface area contributed by atoms with Crippen molar-refractivity contribution in [2.45, 2.75) is 0 Å². The minimum Gasteiger partial charge on any atom is -0.497 e. The van der Waals surface area contributed by atoms with Crippen LogP contribution in [0.5, 0.6) is 5.75 Å². The van der Waals surface area contributed by atoms with Crippen molar-refractivity contribution < 1.29 is 4.74 Å². The fourth-order valence-corrected chi connectivity index (χ4v) is 1.87. The second-order valence-electron chi connectivity index (χ2n) is 2.97. The number of hydrogen-bond acceptors (Lipinski definition) is 3. The third-order valence-electron chi connectivity index (χ3n) is 2.10. The molecular weight excluding hydrogens is 208 g/mol. The first kappa shape index (κ1) is 11.9. The zero-order chi connectivity index (χ0) is 11.3. The summed E-state index contributed by atoms with van der Waals surface area (Å²) in [4.78, 5) is 6.24. The monoisotopic (exact) mass is 224 g/mol. The number of ether oxygens (including phenoxy) is 1. The molecule has 1 aromatic carbocycles. The number of nitrogens with zero attached hydrogens (tertiary/aromatic N) is 2. The number of aliphatic imine (C=N–C) groups is 1. The minimum absolute atomic E-state index is 0.857. The standard InChI is InChI=1S/C11H16N2OS/c1-12-11(15-4)13(2)9-6-5-7-10(8-9)14-3/h5-8H,1-4H3. The van der Waals surface area contributed by atoms with Crippen molar-refractivity contribution in [2.24, 2.45) is 4.99 Å². The molecule has 82 valence electrons. The van der Waals surface area contributed by atoms with E-state index in [1.165, 1.54) is 0 Å². The summed E-state index contributed by atoms with van der Waals surface area (Å²) in [7, 11) is 5.46. The largest absolute Gasteiger partial charge is 0.497 e. The van der Waals surface area contributed by atoms with Crippen molar-refractivity contribution in [1.82, 2.24) is 0 Å². The van der Waals surface area contributed by atoms with Crippen LogP contribution in [-0.4, -0.2) is 32.6 Å². The lowest BCUT2D eigenvalue weighted by atomic mass is 10.3. The maximum Gasteiger partial charge on any atom is 0.162 e. The maximum atomic E-state index is 5.18. The molecule has 15 heavy (non-hydrogen) atoms. The van der Waals surface area contributed by atoms with Crippen molar-refractivity contribution in [2.75, 3.05) is 32.4 Å². The Kier molecular flexibility index (Phi) is 4.49. The third-order valence-corrected chi connectivity index (χ3v) is 2.92. The van der Waals surface area contributed by atoms with Gasteiger partial charge in [-0.25, -0.2) is 0 Å². The highest BCUT2D eigenvalue weighted by Gasteiger charge is 2.07. The van der Waals surface area contributed by atoms with E-state index in [-0.39, 0.29) is 0 Å². The molecule has 0 saturated heterocycles. The van der Waals surface area contributed by atoms with Gasteiger partial charge >= 0.3 is 0 Å². The first-order chi connectivity index (χ1) is 7.22. The van der Waals surface area contributed by atoms with Gasteiger partial charge in [-0.3, -0.25) is 4.99 Å². The predicted octanol–water partition coefficient (Wildman–Crippen LogP) is 2.48. The highest BCUT2D eigenvalue weighted by Crippen LogP contribution is 2.21. The molecule has 0 bridgehead atoms. The Morgan fingerprint density at radius 2 is 2.20 bits per heavy atom. The number of hydrogen-bond donors (Lipinski definition) is 0. The number of benzene rings is 1. The van der Waals surface area contributed by atoms with Crippen LogP contribution in [0.3, 0.4) is 0 Å². The molecule has 0 radical (unpaired) electrons. The molecule has 0 saturated carbocycles. The van der Waals surface area contributed by atoms with Crippen molar-refractivity contribution >= 4 is 22.6 Å². The summed E-state index contributed by atoms with van der Waals surface area (Å²) in [5, 5.41) is 0.975. The fraction of sp³-hybridized carbons (Fsp3) is 0.364. The second-order valence-corrected chi connectivity index (χ2v) is 3.74. The summed E-state index contributed by atoms with van der Waals surface area (Å²) >= 11 is 1.62. The van der Waals surface area contributed by atoms with Gasteiger partial charge in [-0.2, -0.15) is 0 Å². The van der Waals surface area contributed by atoms with Gasteiger partial charge in [0.2, 0.25) is 0 Å². The van der Waals surface area contributed by atoms with Crippen molar-refractivity contribution in [1.29, 1.82) is 0 Å². The Balaban J connectivity index is 2.95. The first-order valence-corrected chi connectivity index (χ1v) is 5.84. The van der Waals surface area contributed by atoms with E-state index in [1.54, 1.807) is 25.9 Å². The van der Waals surface area contributed by atoms with Crippen LogP contribution in [0.15, 0.2) is 29.3 Å². The average molecular weight is 224 g/mol. The van der Waals surface area contributed by atoms with Gasteiger partial charge in [0.15, 0.2) is 5.17 Å². The van der Waals surface area contributed by atoms with E-state index in [1.807, 2.05) is 42.5 Å². The average Bonchev–Trinajstić information content (AvgIpc) is 2.30. The van der Waals surface area contributed by atoms with Gasteiger partial charge in [0.1, 0.15) is 5.75 Å². The molecule has 0 aromatic heterocycles. The Bertz CT molecular complexity index is 352. The Labute approximate surface area is 95.1 Å². The summed E-state index contributed by atoms with van der Waals surface area (Å²) in [6, 6.07) is 7.92. The van der Waals surface area contributed by atoms with Crippen LogP contribution in [0.1, 0.15) is 0 Å². The van der Waals surface area contributed by atoms with Crippen LogP contribution in [0.2, 0.25) is 0 Å². The molecule has 0 aliphatic rings.